The summed E-state index contributed by atoms with van der Waals surface area (Å²) in [5.74, 6) is -0.342. The topological polar surface area (TPSA) is 93.3 Å². The monoisotopic (exact) mass is 239 g/mol. The number of carbonyl (C=O) groups is 2. The van der Waals surface area contributed by atoms with E-state index in [2.05, 4.69) is 15.0 Å². The van der Waals surface area contributed by atoms with Crippen LogP contribution in [0.1, 0.15) is 25.7 Å². The molecular weight excluding hydrogens is 226 g/mol. The first kappa shape index (κ1) is 11.4. The van der Waals surface area contributed by atoms with Crippen molar-refractivity contribution in [2.45, 2.75) is 25.7 Å². The average Bonchev–Trinajstić information content (AvgIpc) is 2.97. The lowest BCUT2D eigenvalue weighted by molar-refractivity contribution is -0.154. The highest BCUT2D eigenvalue weighted by molar-refractivity contribution is 5.75. The van der Waals surface area contributed by atoms with E-state index in [-0.39, 0.29) is 11.8 Å². The van der Waals surface area contributed by atoms with Crippen molar-refractivity contribution in [1.29, 1.82) is 0 Å². The molecule has 1 aliphatic rings. The molecule has 0 atom stereocenters. The first-order valence-corrected chi connectivity index (χ1v) is 5.43. The van der Waals surface area contributed by atoms with Crippen LogP contribution in [0.25, 0.3) is 0 Å². The minimum absolute atomic E-state index is 0.109. The molecule has 7 nitrogen and oxygen atoms in total. The van der Waals surface area contributed by atoms with E-state index in [1.807, 2.05) is 5.48 Å². The minimum atomic E-state index is -0.861. The number of aromatic amines is 1. The molecule has 1 amide bonds. The van der Waals surface area contributed by atoms with Crippen LogP contribution in [-0.2, 0) is 9.63 Å². The van der Waals surface area contributed by atoms with Crippen molar-refractivity contribution in [2.75, 3.05) is 0 Å². The summed E-state index contributed by atoms with van der Waals surface area (Å²) in [6.07, 6.45) is 4.26. The number of carbonyl (C=O) groups excluding carboxylic acids is 2. The van der Waals surface area contributed by atoms with Gasteiger partial charge in [-0.1, -0.05) is 12.8 Å². The number of nitrogens with zero attached hydrogens (tertiary/aromatic N) is 1. The van der Waals surface area contributed by atoms with Crippen molar-refractivity contribution in [3.8, 4) is 5.88 Å². The Labute approximate surface area is 97.4 Å². The fourth-order valence-electron chi connectivity index (χ4n) is 1.76. The number of hydrogen-bond donors (Lipinski definition) is 2. The molecule has 0 bridgehead atoms. The summed E-state index contributed by atoms with van der Waals surface area (Å²) in [4.78, 5) is 27.2. The van der Waals surface area contributed by atoms with E-state index in [0.29, 0.717) is 0 Å². The number of hydroxylamine groups is 1. The predicted molar refractivity (Wildman–Crippen MR) is 55.8 cm³/mol. The molecule has 0 aromatic carbocycles. The Hall–Kier alpha value is -2.05. The number of amides is 1. The summed E-state index contributed by atoms with van der Waals surface area (Å²) in [6, 6.07) is 1.47. The molecule has 2 N–H and O–H groups in total. The lowest BCUT2D eigenvalue weighted by Gasteiger charge is -2.08. The van der Waals surface area contributed by atoms with Crippen molar-refractivity contribution >= 4 is 12.1 Å². The van der Waals surface area contributed by atoms with Gasteiger partial charge in [0.05, 0.1) is 12.1 Å². The molecule has 2 rings (SSSR count). The highest BCUT2D eigenvalue weighted by Crippen LogP contribution is 2.25. The molecule has 1 aromatic rings. The van der Waals surface area contributed by atoms with Gasteiger partial charge in [0.15, 0.2) is 0 Å². The van der Waals surface area contributed by atoms with Crippen LogP contribution in [0.4, 0.5) is 4.79 Å². The predicted octanol–water partition coefficient (Wildman–Crippen LogP) is 1.15. The standard InChI is InChI=1S/C10H13N3O4/c14-9(7-3-1-2-4-7)17-13-10(15)16-8-5-6-11-12-8/h5-7H,1-4H2,(H,11,12)(H,13,15). The number of hydrogen-bond acceptors (Lipinski definition) is 5. The number of rotatable bonds is 2. The van der Waals surface area contributed by atoms with E-state index in [1.165, 1.54) is 12.3 Å². The lowest BCUT2D eigenvalue weighted by atomic mass is 10.1. The maximum absolute atomic E-state index is 11.4. The molecule has 0 radical (unpaired) electrons. The van der Waals surface area contributed by atoms with Gasteiger partial charge in [0.25, 0.3) is 0 Å². The van der Waals surface area contributed by atoms with Crippen LogP contribution >= 0.6 is 0 Å². The van der Waals surface area contributed by atoms with Crippen molar-refractivity contribution < 1.29 is 19.2 Å². The van der Waals surface area contributed by atoms with Gasteiger partial charge in [-0.2, -0.15) is 5.10 Å². The van der Waals surface area contributed by atoms with Crippen molar-refractivity contribution in [3.05, 3.63) is 12.3 Å². The van der Waals surface area contributed by atoms with Gasteiger partial charge in [-0.25, -0.2) is 14.7 Å². The highest BCUT2D eigenvalue weighted by atomic mass is 16.7. The molecule has 0 saturated heterocycles. The Kier molecular flexibility index (Phi) is 3.59. The van der Waals surface area contributed by atoms with Crippen LogP contribution in [-0.4, -0.2) is 22.3 Å². The van der Waals surface area contributed by atoms with Crippen molar-refractivity contribution in [1.82, 2.24) is 15.7 Å². The molecule has 0 unspecified atom stereocenters. The third kappa shape index (κ3) is 3.20. The maximum atomic E-state index is 11.4. The maximum Gasteiger partial charge on any atom is 0.447 e. The first-order valence-electron chi connectivity index (χ1n) is 5.43. The van der Waals surface area contributed by atoms with Gasteiger partial charge in [0.2, 0.25) is 5.88 Å². The molecule has 1 heterocycles. The van der Waals surface area contributed by atoms with Gasteiger partial charge in [-0.15, -0.1) is 5.48 Å². The zero-order chi connectivity index (χ0) is 12.1. The zero-order valence-electron chi connectivity index (χ0n) is 9.14. The summed E-state index contributed by atoms with van der Waals surface area (Å²) in [5, 5.41) is 6.03. The van der Waals surface area contributed by atoms with Gasteiger partial charge in [0.1, 0.15) is 0 Å². The van der Waals surface area contributed by atoms with Crippen LogP contribution < -0.4 is 10.2 Å². The van der Waals surface area contributed by atoms with Gasteiger partial charge in [-0.3, -0.25) is 0 Å². The number of H-pyrrole nitrogens is 1. The Balaban J connectivity index is 1.70. The van der Waals surface area contributed by atoms with Gasteiger partial charge in [-0.05, 0) is 12.8 Å². The Morgan fingerprint density at radius 1 is 1.41 bits per heavy atom. The normalized spacial score (nSPS) is 15.5. The smallest absolute Gasteiger partial charge is 0.390 e. The number of ether oxygens (including phenoxy) is 1. The summed E-state index contributed by atoms with van der Waals surface area (Å²) in [5.41, 5.74) is 1.94. The average molecular weight is 239 g/mol. The van der Waals surface area contributed by atoms with Gasteiger partial charge < -0.3 is 9.57 Å². The molecule has 0 aliphatic heterocycles. The van der Waals surface area contributed by atoms with Crippen LogP contribution in [0.2, 0.25) is 0 Å². The van der Waals surface area contributed by atoms with Crippen LogP contribution in [0.5, 0.6) is 5.88 Å². The second-order valence-corrected chi connectivity index (χ2v) is 3.81. The zero-order valence-corrected chi connectivity index (χ0v) is 9.14. The molecule has 17 heavy (non-hydrogen) atoms. The van der Waals surface area contributed by atoms with Gasteiger partial charge in [0, 0.05) is 6.07 Å². The highest BCUT2D eigenvalue weighted by Gasteiger charge is 2.25. The third-order valence-corrected chi connectivity index (χ3v) is 2.60. The summed E-state index contributed by atoms with van der Waals surface area (Å²) >= 11 is 0. The van der Waals surface area contributed by atoms with E-state index in [4.69, 9.17) is 4.74 Å². The van der Waals surface area contributed by atoms with Crippen molar-refractivity contribution in [2.24, 2.45) is 5.92 Å². The molecular formula is C10H13N3O4. The number of nitrogens with one attached hydrogen (secondary N) is 2. The van der Waals surface area contributed by atoms with E-state index in [0.717, 1.165) is 25.7 Å². The van der Waals surface area contributed by atoms with Crippen LogP contribution in [0, 0.1) is 5.92 Å². The molecule has 92 valence electrons. The summed E-state index contributed by atoms with van der Waals surface area (Å²) in [6.45, 7) is 0. The van der Waals surface area contributed by atoms with Crippen LogP contribution in [0.15, 0.2) is 12.3 Å². The Morgan fingerprint density at radius 3 is 2.82 bits per heavy atom. The second-order valence-electron chi connectivity index (χ2n) is 3.81. The first-order chi connectivity index (χ1) is 8.25. The van der Waals surface area contributed by atoms with E-state index >= 15 is 0 Å². The Bertz CT molecular complexity index is 384. The number of aromatic nitrogens is 2. The molecule has 1 saturated carbocycles. The third-order valence-electron chi connectivity index (χ3n) is 2.60. The second kappa shape index (κ2) is 5.33. The van der Waals surface area contributed by atoms with Crippen LogP contribution in [0.3, 0.4) is 0 Å². The van der Waals surface area contributed by atoms with E-state index in [1.54, 1.807) is 0 Å². The largest absolute Gasteiger partial charge is 0.447 e. The Morgan fingerprint density at radius 2 is 2.18 bits per heavy atom. The lowest BCUT2D eigenvalue weighted by Crippen LogP contribution is -2.32. The molecule has 1 aromatic heterocycles. The van der Waals surface area contributed by atoms with E-state index in [9.17, 15) is 9.59 Å². The molecule has 7 heteroatoms. The quantitative estimate of drug-likeness (QED) is 0.755. The SMILES string of the molecule is O=C(NOC(=O)C1CCCC1)Oc1ccn[nH]1. The van der Waals surface area contributed by atoms with Gasteiger partial charge >= 0.3 is 12.1 Å². The fraction of sp³-hybridized carbons (Fsp3) is 0.500. The van der Waals surface area contributed by atoms with E-state index < -0.39 is 12.1 Å². The molecule has 1 aliphatic carbocycles. The molecule has 1 fully saturated rings. The summed E-state index contributed by atoms with van der Waals surface area (Å²) in [7, 11) is 0. The van der Waals surface area contributed by atoms with Crippen molar-refractivity contribution in [3.63, 3.8) is 0 Å². The summed E-state index contributed by atoms with van der Waals surface area (Å²) < 4.78 is 4.72. The molecule has 0 spiro atoms. The fourth-order valence-corrected chi connectivity index (χ4v) is 1.76. The minimum Gasteiger partial charge on any atom is -0.390 e.